The van der Waals surface area contributed by atoms with E-state index in [0.29, 0.717) is 17.9 Å². The molecule has 5 heteroatoms. The summed E-state index contributed by atoms with van der Waals surface area (Å²) in [4.78, 5) is 16.9. The minimum absolute atomic E-state index is 0.0440. The van der Waals surface area contributed by atoms with Gasteiger partial charge in [0, 0.05) is 38.3 Å². The standard InChI is InChI=1S/C20H23FN2O2/c1-25-19-5-2-4-17(14-19)20(24)23-11-3-10-22(12-13-23)15-16-6-8-18(21)9-7-16/h2,4-9,14H,3,10-13,15H2,1H3. The van der Waals surface area contributed by atoms with Crippen molar-refractivity contribution < 1.29 is 13.9 Å². The van der Waals surface area contributed by atoms with Gasteiger partial charge in [-0.05, 0) is 42.3 Å². The largest absolute Gasteiger partial charge is 0.497 e. The summed E-state index contributed by atoms with van der Waals surface area (Å²) in [5, 5.41) is 0. The van der Waals surface area contributed by atoms with Crippen LogP contribution in [0.15, 0.2) is 48.5 Å². The molecule has 25 heavy (non-hydrogen) atoms. The normalized spacial score (nSPS) is 15.7. The number of nitrogens with zero attached hydrogens (tertiary/aromatic N) is 2. The van der Waals surface area contributed by atoms with E-state index in [1.165, 1.54) is 12.1 Å². The molecule has 0 unspecified atom stereocenters. The van der Waals surface area contributed by atoms with Gasteiger partial charge in [-0.3, -0.25) is 9.69 Å². The lowest BCUT2D eigenvalue weighted by molar-refractivity contribution is 0.0760. The van der Waals surface area contributed by atoms with Crippen LogP contribution in [0.25, 0.3) is 0 Å². The molecule has 0 atom stereocenters. The first-order chi connectivity index (χ1) is 12.2. The van der Waals surface area contributed by atoms with E-state index in [9.17, 15) is 9.18 Å². The highest BCUT2D eigenvalue weighted by Gasteiger charge is 2.20. The Bertz CT molecular complexity index is 718. The van der Waals surface area contributed by atoms with Crippen LogP contribution in [-0.2, 0) is 6.54 Å². The van der Waals surface area contributed by atoms with Crippen LogP contribution in [-0.4, -0.2) is 49.0 Å². The number of hydrogen-bond donors (Lipinski definition) is 0. The van der Waals surface area contributed by atoms with Crippen LogP contribution < -0.4 is 4.74 Å². The van der Waals surface area contributed by atoms with Crippen molar-refractivity contribution in [3.63, 3.8) is 0 Å². The van der Waals surface area contributed by atoms with E-state index >= 15 is 0 Å². The molecular formula is C20H23FN2O2. The number of carbonyl (C=O) groups excluding carboxylic acids is 1. The fraction of sp³-hybridized carbons (Fsp3) is 0.350. The molecule has 1 fully saturated rings. The molecule has 1 aliphatic rings. The zero-order chi connectivity index (χ0) is 17.6. The van der Waals surface area contributed by atoms with E-state index in [1.807, 2.05) is 35.2 Å². The molecule has 0 bridgehead atoms. The molecule has 0 aromatic heterocycles. The average Bonchev–Trinajstić information content (AvgIpc) is 2.88. The van der Waals surface area contributed by atoms with Gasteiger partial charge in [-0.25, -0.2) is 4.39 Å². The van der Waals surface area contributed by atoms with E-state index in [4.69, 9.17) is 4.74 Å². The maximum Gasteiger partial charge on any atom is 0.254 e. The van der Waals surface area contributed by atoms with Crippen LogP contribution >= 0.6 is 0 Å². The maximum absolute atomic E-state index is 13.0. The van der Waals surface area contributed by atoms with Gasteiger partial charge in [0.25, 0.3) is 5.91 Å². The molecule has 0 saturated carbocycles. The van der Waals surface area contributed by atoms with Crippen molar-refractivity contribution in [2.24, 2.45) is 0 Å². The molecule has 0 N–H and O–H groups in total. The van der Waals surface area contributed by atoms with E-state index in [2.05, 4.69) is 4.90 Å². The highest BCUT2D eigenvalue weighted by Crippen LogP contribution is 2.16. The highest BCUT2D eigenvalue weighted by molar-refractivity contribution is 5.94. The fourth-order valence-electron chi connectivity index (χ4n) is 3.12. The van der Waals surface area contributed by atoms with Crippen LogP contribution in [0.3, 0.4) is 0 Å². The van der Waals surface area contributed by atoms with Crippen LogP contribution in [0.4, 0.5) is 4.39 Å². The lowest BCUT2D eigenvalue weighted by atomic mass is 10.2. The number of hydrogen-bond acceptors (Lipinski definition) is 3. The molecule has 1 heterocycles. The molecule has 2 aromatic rings. The lowest BCUT2D eigenvalue weighted by Gasteiger charge is -2.22. The number of rotatable bonds is 4. The second-order valence-corrected chi connectivity index (χ2v) is 6.28. The average molecular weight is 342 g/mol. The maximum atomic E-state index is 13.0. The molecule has 0 spiro atoms. The van der Waals surface area contributed by atoms with Crippen molar-refractivity contribution >= 4 is 5.91 Å². The van der Waals surface area contributed by atoms with Gasteiger partial charge in [-0.15, -0.1) is 0 Å². The monoisotopic (exact) mass is 342 g/mol. The first-order valence-electron chi connectivity index (χ1n) is 8.56. The van der Waals surface area contributed by atoms with Crippen molar-refractivity contribution in [1.29, 1.82) is 0 Å². The van der Waals surface area contributed by atoms with Gasteiger partial charge in [-0.1, -0.05) is 18.2 Å². The van der Waals surface area contributed by atoms with E-state index in [0.717, 1.165) is 38.2 Å². The number of carbonyl (C=O) groups is 1. The van der Waals surface area contributed by atoms with Crippen LogP contribution in [0.5, 0.6) is 5.75 Å². The van der Waals surface area contributed by atoms with Crippen LogP contribution in [0.1, 0.15) is 22.3 Å². The van der Waals surface area contributed by atoms with Gasteiger partial charge in [0.2, 0.25) is 0 Å². The zero-order valence-corrected chi connectivity index (χ0v) is 14.5. The van der Waals surface area contributed by atoms with E-state index in [-0.39, 0.29) is 11.7 Å². The fourth-order valence-corrected chi connectivity index (χ4v) is 3.12. The van der Waals surface area contributed by atoms with Crippen molar-refractivity contribution in [2.45, 2.75) is 13.0 Å². The number of benzene rings is 2. The summed E-state index contributed by atoms with van der Waals surface area (Å²) >= 11 is 0. The molecule has 1 amide bonds. The highest BCUT2D eigenvalue weighted by atomic mass is 19.1. The predicted octanol–water partition coefficient (Wildman–Crippen LogP) is 3.18. The number of methoxy groups -OCH3 is 1. The minimum Gasteiger partial charge on any atom is -0.497 e. The summed E-state index contributed by atoms with van der Waals surface area (Å²) in [5.41, 5.74) is 1.75. The quantitative estimate of drug-likeness (QED) is 0.855. The van der Waals surface area contributed by atoms with Gasteiger partial charge in [0.15, 0.2) is 0 Å². The Hall–Kier alpha value is -2.40. The molecule has 3 rings (SSSR count). The third-order valence-corrected chi connectivity index (χ3v) is 4.51. The van der Waals surface area contributed by atoms with Crippen LogP contribution in [0, 0.1) is 5.82 Å². The van der Waals surface area contributed by atoms with Crippen molar-refractivity contribution in [3.05, 3.63) is 65.5 Å². The molecule has 132 valence electrons. The summed E-state index contributed by atoms with van der Waals surface area (Å²) in [7, 11) is 1.60. The van der Waals surface area contributed by atoms with E-state index in [1.54, 1.807) is 13.2 Å². The Morgan fingerprint density at radius 3 is 2.64 bits per heavy atom. The lowest BCUT2D eigenvalue weighted by Crippen LogP contribution is -2.35. The second kappa shape index (κ2) is 8.12. The van der Waals surface area contributed by atoms with Gasteiger partial charge in [0.05, 0.1) is 7.11 Å². The first kappa shape index (κ1) is 17.4. The van der Waals surface area contributed by atoms with Gasteiger partial charge in [0.1, 0.15) is 11.6 Å². The summed E-state index contributed by atoms with van der Waals surface area (Å²) in [6.07, 6.45) is 0.927. The third kappa shape index (κ3) is 4.57. The topological polar surface area (TPSA) is 32.8 Å². The van der Waals surface area contributed by atoms with Crippen molar-refractivity contribution in [3.8, 4) is 5.75 Å². The van der Waals surface area contributed by atoms with E-state index < -0.39 is 0 Å². The summed E-state index contributed by atoms with van der Waals surface area (Å²) in [5.74, 6) is 0.524. The summed E-state index contributed by atoms with van der Waals surface area (Å²) in [6, 6.07) is 13.9. The first-order valence-corrected chi connectivity index (χ1v) is 8.56. The smallest absolute Gasteiger partial charge is 0.254 e. The van der Waals surface area contributed by atoms with Crippen LogP contribution in [0.2, 0.25) is 0 Å². The van der Waals surface area contributed by atoms with Gasteiger partial charge in [-0.2, -0.15) is 0 Å². The number of amides is 1. The van der Waals surface area contributed by atoms with Gasteiger partial charge < -0.3 is 9.64 Å². The Morgan fingerprint density at radius 1 is 1.08 bits per heavy atom. The molecule has 1 saturated heterocycles. The molecule has 4 nitrogen and oxygen atoms in total. The molecule has 1 aliphatic heterocycles. The minimum atomic E-state index is -0.213. The van der Waals surface area contributed by atoms with Crippen molar-refractivity contribution in [1.82, 2.24) is 9.80 Å². The molecular weight excluding hydrogens is 319 g/mol. The zero-order valence-electron chi connectivity index (χ0n) is 14.5. The Balaban J connectivity index is 1.60. The molecule has 0 aliphatic carbocycles. The SMILES string of the molecule is COc1cccc(C(=O)N2CCCN(Cc3ccc(F)cc3)CC2)c1. The number of ether oxygens (including phenoxy) is 1. The second-order valence-electron chi connectivity index (χ2n) is 6.28. The molecule has 2 aromatic carbocycles. The Kier molecular flexibility index (Phi) is 5.66. The Labute approximate surface area is 147 Å². The molecule has 0 radical (unpaired) electrons. The summed E-state index contributed by atoms with van der Waals surface area (Å²) in [6.45, 7) is 3.96. The third-order valence-electron chi connectivity index (χ3n) is 4.51. The summed E-state index contributed by atoms with van der Waals surface area (Å²) < 4.78 is 18.2. The van der Waals surface area contributed by atoms with Crippen molar-refractivity contribution in [2.75, 3.05) is 33.3 Å². The predicted molar refractivity (Wildman–Crippen MR) is 95.2 cm³/mol. The number of halogens is 1. The van der Waals surface area contributed by atoms with Gasteiger partial charge >= 0.3 is 0 Å². The Morgan fingerprint density at radius 2 is 1.88 bits per heavy atom.